The monoisotopic (exact) mass is 290 g/mol. The summed E-state index contributed by atoms with van der Waals surface area (Å²) in [5, 5.41) is 12.0. The number of carboxylic acids is 1. The van der Waals surface area contributed by atoms with E-state index in [1.165, 1.54) is 0 Å². The molecule has 0 saturated heterocycles. The molecule has 1 aliphatic rings. The Morgan fingerprint density at radius 2 is 2.05 bits per heavy atom. The zero-order chi connectivity index (χ0) is 15.4. The minimum Gasteiger partial charge on any atom is -0.478 e. The third-order valence-corrected chi connectivity index (χ3v) is 4.21. The lowest BCUT2D eigenvalue weighted by Gasteiger charge is -2.29. The van der Waals surface area contributed by atoms with Crippen LogP contribution in [0.3, 0.4) is 0 Å². The molecule has 21 heavy (non-hydrogen) atoms. The van der Waals surface area contributed by atoms with Gasteiger partial charge in [0.25, 0.3) is 0 Å². The van der Waals surface area contributed by atoms with Crippen LogP contribution in [0.25, 0.3) is 0 Å². The predicted octanol–water partition coefficient (Wildman–Crippen LogP) is 2.40. The Labute approximate surface area is 124 Å². The molecule has 1 aromatic carbocycles. The van der Waals surface area contributed by atoms with Crippen LogP contribution in [-0.2, 0) is 4.79 Å². The molecule has 0 aliphatic heterocycles. The molecule has 1 amide bonds. The predicted molar refractivity (Wildman–Crippen MR) is 81.3 cm³/mol. The highest BCUT2D eigenvalue weighted by Crippen LogP contribution is 2.30. The van der Waals surface area contributed by atoms with E-state index in [4.69, 9.17) is 5.73 Å². The lowest BCUT2D eigenvalue weighted by atomic mass is 9.78. The van der Waals surface area contributed by atoms with Gasteiger partial charge in [-0.3, -0.25) is 4.79 Å². The first-order chi connectivity index (χ1) is 10.0. The molecule has 4 N–H and O–H groups in total. The number of aromatic carboxylic acids is 1. The summed E-state index contributed by atoms with van der Waals surface area (Å²) in [6, 6.07) is 5.01. The number of nitrogens with one attached hydrogen (secondary N) is 1. The fourth-order valence-corrected chi connectivity index (χ4v) is 3.00. The second kappa shape index (κ2) is 6.72. The number of hydrogen-bond donors (Lipinski definition) is 3. The van der Waals surface area contributed by atoms with Crippen molar-refractivity contribution in [1.29, 1.82) is 0 Å². The summed E-state index contributed by atoms with van der Waals surface area (Å²) < 4.78 is 0. The molecular weight excluding hydrogens is 268 g/mol. The van der Waals surface area contributed by atoms with Gasteiger partial charge in [0.1, 0.15) is 0 Å². The Morgan fingerprint density at radius 1 is 1.33 bits per heavy atom. The van der Waals surface area contributed by atoms with Crippen molar-refractivity contribution in [2.75, 3.05) is 11.9 Å². The van der Waals surface area contributed by atoms with E-state index >= 15 is 0 Å². The average Bonchev–Trinajstić information content (AvgIpc) is 2.48. The summed E-state index contributed by atoms with van der Waals surface area (Å²) in [7, 11) is 0. The van der Waals surface area contributed by atoms with Gasteiger partial charge in [-0.15, -0.1) is 0 Å². The van der Waals surface area contributed by atoms with Gasteiger partial charge in [-0.2, -0.15) is 0 Å². The van der Waals surface area contributed by atoms with E-state index in [0.29, 0.717) is 12.2 Å². The maximum absolute atomic E-state index is 12.4. The summed E-state index contributed by atoms with van der Waals surface area (Å²) in [6.45, 7) is 2.32. The molecule has 0 aromatic heterocycles. The van der Waals surface area contributed by atoms with Gasteiger partial charge in [0.2, 0.25) is 5.91 Å². The van der Waals surface area contributed by atoms with Crippen LogP contribution >= 0.6 is 0 Å². The second-order valence-electron chi connectivity index (χ2n) is 5.73. The van der Waals surface area contributed by atoms with Crippen molar-refractivity contribution in [3.63, 3.8) is 0 Å². The molecule has 1 fully saturated rings. The van der Waals surface area contributed by atoms with Crippen LogP contribution in [0.5, 0.6) is 0 Å². The minimum atomic E-state index is -1.03. The van der Waals surface area contributed by atoms with Gasteiger partial charge in [0.05, 0.1) is 11.3 Å². The first kappa shape index (κ1) is 15.5. The first-order valence-corrected chi connectivity index (χ1v) is 7.37. The molecule has 0 heterocycles. The molecule has 0 spiro atoms. The van der Waals surface area contributed by atoms with E-state index < -0.39 is 5.97 Å². The minimum absolute atomic E-state index is 0.114. The highest BCUT2D eigenvalue weighted by atomic mass is 16.4. The topological polar surface area (TPSA) is 92.4 Å². The average molecular weight is 290 g/mol. The fourth-order valence-electron chi connectivity index (χ4n) is 3.00. The Hall–Kier alpha value is -1.88. The summed E-state index contributed by atoms with van der Waals surface area (Å²) in [5.74, 6) is -1.08. The molecule has 0 radical (unpaired) electrons. The number of benzene rings is 1. The third-order valence-electron chi connectivity index (χ3n) is 4.21. The molecule has 1 aliphatic carbocycles. The number of carboxylic acid groups (broad SMARTS) is 1. The summed E-state index contributed by atoms with van der Waals surface area (Å²) in [5.41, 5.74) is 7.09. The van der Waals surface area contributed by atoms with Crippen molar-refractivity contribution in [2.24, 2.45) is 17.6 Å². The van der Waals surface area contributed by atoms with Crippen LogP contribution in [0.15, 0.2) is 18.2 Å². The molecule has 2 atom stereocenters. The van der Waals surface area contributed by atoms with Gasteiger partial charge in [0.15, 0.2) is 0 Å². The Bertz CT molecular complexity index is 542. The van der Waals surface area contributed by atoms with E-state index in [2.05, 4.69) is 5.32 Å². The highest BCUT2D eigenvalue weighted by Gasteiger charge is 2.30. The van der Waals surface area contributed by atoms with Crippen molar-refractivity contribution in [1.82, 2.24) is 0 Å². The summed E-state index contributed by atoms with van der Waals surface area (Å²) >= 11 is 0. The largest absolute Gasteiger partial charge is 0.478 e. The Balaban J connectivity index is 2.17. The van der Waals surface area contributed by atoms with Crippen molar-refractivity contribution in [3.8, 4) is 0 Å². The summed E-state index contributed by atoms with van der Waals surface area (Å²) in [6.07, 6.45) is 3.92. The lowest BCUT2D eigenvalue weighted by molar-refractivity contribution is -0.122. The lowest BCUT2D eigenvalue weighted by Crippen LogP contribution is -2.36. The molecule has 0 bridgehead atoms. The maximum atomic E-state index is 12.4. The van der Waals surface area contributed by atoms with Crippen molar-refractivity contribution < 1.29 is 14.7 Å². The van der Waals surface area contributed by atoms with Crippen LogP contribution in [-0.4, -0.2) is 23.5 Å². The van der Waals surface area contributed by atoms with E-state index in [1.807, 2.05) is 6.92 Å². The number of carbonyl (C=O) groups is 2. The summed E-state index contributed by atoms with van der Waals surface area (Å²) in [4.78, 5) is 23.7. The first-order valence-electron chi connectivity index (χ1n) is 7.37. The van der Waals surface area contributed by atoms with Crippen LogP contribution in [0.1, 0.15) is 41.6 Å². The standard InChI is InChI=1S/C16H22N2O3/c1-10-6-7-14(13(8-10)16(20)21)18-15(19)12-5-3-2-4-11(12)9-17/h6-8,11-12H,2-5,9,17H2,1H3,(H,18,19)(H,20,21). The number of rotatable bonds is 4. The van der Waals surface area contributed by atoms with Crippen molar-refractivity contribution in [2.45, 2.75) is 32.6 Å². The molecule has 1 aromatic rings. The molecule has 5 heteroatoms. The van der Waals surface area contributed by atoms with Gasteiger partial charge >= 0.3 is 5.97 Å². The molecule has 114 valence electrons. The molecule has 2 unspecified atom stereocenters. The van der Waals surface area contributed by atoms with E-state index in [9.17, 15) is 14.7 Å². The van der Waals surface area contributed by atoms with E-state index in [1.54, 1.807) is 18.2 Å². The van der Waals surface area contributed by atoms with Gasteiger partial charge < -0.3 is 16.2 Å². The van der Waals surface area contributed by atoms with Crippen LogP contribution in [0.2, 0.25) is 0 Å². The molecule has 2 rings (SSSR count). The van der Waals surface area contributed by atoms with Gasteiger partial charge in [-0.1, -0.05) is 24.5 Å². The van der Waals surface area contributed by atoms with E-state index in [-0.39, 0.29) is 23.3 Å². The maximum Gasteiger partial charge on any atom is 0.337 e. The van der Waals surface area contributed by atoms with Crippen molar-refractivity contribution in [3.05, 3.63) is 29.3 Å². The molecular formula is C16H22N2O3. The van der Waals surface area contributed by atoms with E-state index in [0.717, 1.165) is 31.2 Å². The number of hydrogen-bond acceptors (Lipinski definition) is 3. The smallest absolute Gasteiger partial charge is 0.337 e. The third kappa shape index (κ3) is 3.61. The van der Waals surface area contributed by atoms with Crippen LogP contribution in [0.4, 0.5) is 5.69 Å². The second-order valence-corrected chi connectivity index (χ2v) is 5.73. The van der Waals surface area contributed by atoms with Gasteiger partial charge in [0, 0.05) is 5.92 Å². The number of anilines is 1. The molecule has 5 nitrogen and oxygen atoms in total. The van der Waals surface area contributed by atoms with Gasteiger partial charge in [-0.05, 0) is 44.4 Å². The zero-order valence-corrected chi connectivity index (χ0v) is 12.3. The normalized spacial score (nSPS) is 21.8. The highest BCUT2D eigenvalue weighted by molar-refractivity contribution is 6.01. The van der Waals surface area contributed by atoms with Crippen LogP contribution < -0.4 is 11.1 Å². The quantitative estimate of drug-likeness (QED) is 0.794. The fraction of sp³-hybridized carbons (Fsp3) is 0.500. The van der Waals surface area contributed by atoms with Crippen molar-refractivity contribution >= 4 is 17.6 Å². The number of amides is 1. The van der Waals surface area contributed by atoms with Crippen LogP contribution in [0, 0.1) is 18.8 Å². The molecule has 1 saturated carbocycles. The zero-order valence-electron chi connectivity index (χ0n) is 12.3. The number of carbonyl (C=O) groups excluding carboxylic acids is 1. The number of aryl methyl sites for hydroxylation is 1. The SMILES string of the molecule is Cc1ccc(NC(=O)C2CCCCC2CN)c(C(=O)O)c1. The Kier molecular flexibility index (Phi) is 4.96. The van der Waals surface area contributed by atoms with Gasteiger partial charge in [-0.25, -0.2) is 4.79 Å². The number of nitrogens with two attached hydrogens (primary N) is 1. The Morgan fingerprint density at radius 3 is 2.71 bits per heavy atom.